The predicted molar refractivity (Wildman–Crippen MR) is 102 cm³/mol. The van der Waals surface area contributed by atoms with Crippen molar-refractivity contribution < 1.29 is 9.53 Å². The zero-order valence-electron chi connectivity index (χ0n) is 14.4. The summed E-state index contributed by atoms with van der Waals surface area (Å²) in [5.41, 5.74) is 2.26. The van der Waals surface area contributed by atoms with Gasteiger partial charge in [-0.3, -0.25) is 9.69 Å². The van der Waals surface area contributed by atoms with Crippen molar-refractivity contribution in [2.24, 2.45) is 0 Å². The Morgan fingerprint density at radius 3 is 2.46 bits per heavy atom. The van der Waals surface area contributed by atoms with Crippen LogP contribution in [0.15, 0.2) is 24.3 Å². The van der Waals surface area contributed by atoms with Crippen molar-refractivity contribution in [3.8, 4) is 0 Å². The topological polar surface area (TPSA) is 53.6 Å². The van der Waals surface area contributed by atoms with E-state index in [1.807, 2.05) is 32.0 Å². The molecular weight excluding hydrogens is 349 g/mol. The van der Waals surface area contributed by atoms with Gasteiger partial charge < -0.3 is 15.4 Å². The molecule has 138 valence electrons. The van der Waals surface area contributed by atoms with Crippen LogP contribution in [0.1, 0.15) is 25.0 Å². The number of carbonyl (C=O) groups excluding carboxylic acids is 1. The summed E-state index contributed by atoms with van der Waals surface area (Å²) in [5, 5.41) is 6.31. The van der Waals surface area contributed by atoms with Crippen LogP contribution >= 0.6 is 24.8 Å². The molecule has 5 nitrogen and oxygen atoms in total. The summed E-state index contributed by atoms with van der Waals surface area (Å²) in [6.07, 6.45) is 0.204. The van der Waals surface area contributed by atoms with Crippen LogP contribution in [-0.4, -0.2) is 49.6 Å². The van der Waals surface area contributed by atoms with E-state index in [4.69, 9.17) is 4.74 Å². The molecule has 1 aromatic carbocycles. The van der Waals surface area contributed by atoms with Crippen LogP contribution in [-0.2, 0) is 22.7 Å². The highest BCUT2D eigenvalue weighted by atomic mass is 35.5. The molecule has 1 aliphatic heterocycles. The lowest BCUT2D eigenvalue weighted by Gasteiger charge is -2.26. The fourth-order valence-corrected chi connectivity index (χ4v) is 2.45. The maximum absolute atomic E-state index is 12.1. The molecule has 7 heteroatoms. The molecule has 1 aliphatic rings. The number of ether oxygens (including phenoxy) is 1. The molecule has 1 heterocycles. The number of piperazine rings is 1. The minimum absolute atomic E-state index is 0. The van der Waals surface area contributed by atoms with Crippen molar-refractivity contribution in [1.29, 1.82) is 0 Å². The second kappa shape index (κ2) is 12.5. The number of nitrogens with one attached hydrogen (secondary N) is 2. The molecule has 24 heavy (non-hydrogen) atoms. The van der Waals surface area contributed by atoms with Gasteiger partial charge in [-0.15, -0.1) is 24.8 Å². The van der Waals surface area contributed by atoms with Gasteiger partial charge in [-0.05, 0) is 25.0 Å². The Morgan fingerprint density at radius 1 is 1.21 bits per heavy atom. The lowest BCUT2D eigenvalue weighted by Crippen LogP contribution is -2.47. The summed E-state index contributed by atoms with van der Waals surface area (Å²) >= 11 is 0. The van der Waals surface area contributed by atoms with Gasteiger partial charge in [0.25, 0.3) is 0 Å². The molecule has 1 fully saturated rings. The molecule has 1 aromatic rings. The van der Waals surface area contributed by atoms with Gasteiger partial charge in [0.05, 0.1) is 19.3 Å². The van der Waals surface area contributed by atoms with Gasteiger partial charge in [0.15, 0.2) is 0 Å². The maximum Gasteiger partial charge on any atom is 0.234 e. The van der Waals surface area contributed by atoms with E-state index >= 15 is 0 Å². The molecule has 0 unspecified atom stereocenters. The van der Waals surface area contributed by atoms with Crippen LogP contribution < -0.4 is 10.6 Å². The Kier molecular flexibility index (Phi) is 12.1. The number of nitrogens with zero attached hydrogens (tertiary/aromatic N) is 1. The number of amides is 1. The number of hydrogen-bond donors (Lipinski definition) is 2. The predicted octanol–water partition coefficient (Wildman–Crippen LogP) is 1.98. The van der Waals surface area contributed by atoms with Gasteiger partial charge in [0.2, 0.25) is 5.91 Å². The molecule has 0 spiro atoms. The first-order valence-corrected chi connectivity index (χ1v) is 8.03. The van der Waals surface area contributed by atoms with Gasteiger partial charge >= 0.3 is 0 Å². The first-order valence-electron chi connectivity index (χ1n) is 8.03. The average Bonchev–Trinajstić information content (AvgIpc) is 2.52. The summed E-state index contributed by atoms with van der Waals surface area (Å²) in [4.78, 5) is 14.2. The minimum atomic E-state index is 0. The van der Waals surface area contributed by atoms with Crippen molar-refractivity contribution in [1.82, 2.24) is 15.5 Å². The molecule has 0 aromatic heterocycles. The molecule has 0 saturated carbocycles. The van der Waals surface area contributed by atoms with Crippen molar-refractivity contribution in [3.63, 3.8) is 0 Å². The molecular formula is C17H29Cl2N3O2. The van der Waals surface area contributed by atoms with Crippen LogP contribution in [0.25, 0.3) is 0 Å². The van der Waals surface area contributed by atoms with E-state index < -0.39 is 0 Å². The summed E-state index contributed by atoms with van der Waals surface area (Å²) in [7, 11) is 0. The van der Waals surface area contributed by atoms with Crippen LogP contribution in [0.4, 0.5) is 0 Å². The van der Waals surface area contributed by atoms with Gasteiger partial charge in [0, 0.05) is 32.7 Å². The van der Waals surface area contributed by atoms with Crippen molar-refractivity contribution in [3.05, 3.63) is 35.4 Å². The standard InChI is InChI=1S/C17H27N3O2.2ClH/c1-14(2)22-13-16-6-4-3-5-15(16)11-19-17(21)12-20-9-7-18-8-10-20;;/h3-6,14,18H,7-13H2,1-2H3,(H,19,21);2*1H. The van der Waals surface area contributed by atoms with E-state index in [0.29, 0.717) is 19.7 Å². The molecule has 0 radical (unpaired) electrons. The quantitative estimate of drug-likeness (QED) is 0.762. The van der Waals surface area contributed by atoms with E-state index in [-0.39, 0.29) is 36.8 Å². The first kappa shape index (κ1) is 23.1. The smallest absolute Gasteiger partial charge is 0.234 e. The average molecular weight is 378 g/mol. The summed E-state index contributed by atoms with van der Waals surface area (Å²) < 4.78 is 5.67. The van der Waals surface area contributed by atoms with Crippen molar-refractivity contribution >= 4 is 30.7 Å². The maximum atomic E-state index is 12.1. The van der Waals surface area contributed by atoms with E-state index in [9.17, 15) is 4.79 Å². The van der Waals surface area contributed by atoms with Crippen molar-refractivity contribution in [2.75, 3.05) is 32.7 Å². The molecule has 0 bridgehead atoms. The highest BCUT2D eigenvalue weighted by Crippen LogP contribution is 2.11. The van der Waals surface area contributed by atoms with Gasteiger partial charge in [-0.25, -0.2) is 0 Å². The third kappa shape index (κ3) is 8.31. The number of hydrogen-bond acceptors (Lipinski definition) is 4. The Bertz CT molecular complexity index is 481. The minimum Gasteiger partial charge on any atom is -0.374 e. The molecule has 0 aliphatic carbocycles. The van der Waals surface area contributed by atoms with Crippen LogP contribution in [0.5, 0.6) is 0 Å². The van der Waals surface area contributed by atoms with E-state index in [0.717, 1.165) is 37.3 Å². The molecule has 2 N–H and O–H groups in total. The number of halogens is 2. The second-order valence-electron chi connectivity index (χ2n) is 5.93. The SMILES string of the molecule is CC(C)OCc1ccccc1CNC(=O)CN1CCNCC1.Cl.Cl. The largest absolute Gasteiger partial charge is 0.374 e. The number of benzene rings is 1. The van der Waals surface area contributed by atoms with Crippen molar-refractivity contribution in [2.45, 2.75) is 33.1 Å². The summed E-state index contributed by atoms with van der Waals surface area (Å²) in [6, 6.07) is 8.10. The highest BCUT2D eigenvalue weighted by Gasteiger charge is 2.13. The molecule has 0 atom stereocenters. The molecule has 1 saturated heterocycles. The van der Waals surface area contributed by atoms with Crippen LogP contribution in [0.2, 0.25) is 0 Å². The Hall–Kier alpha value is -0.850. The fourth-order valence-electron chi connectivity index (χ4n) is 2.45. The number of rotatable bonds is 7. The van der Waals surface area contributed by atoms with E-state index in [2.05, 4.69) is 21.6 Å². The fraction of sp³-hybridized carbons (Fsp3) is 0.588. The van der Waals surface area contributed by atoms with Gasteiger partial charge in [-0.1, -0.05) is 24.3 Å². The third-order valence-corrected chi connectivity index (χ3v) is 3.74. The monoisotopic (exact) mass is 377 g/mol. The molecule has 1 amide bonds. The van der Waals surface area contributed by atoms with E-state index in [1.165, 1.54) is 0 Å². The number of carbonyl (C=O) groups is 1. The third-order valence-electron chi connectivity index (χ3n) is 3.74. The lowest BCUT2D eigenvalue weighted by molar-refractivity contribution is -0.122. The van der Waals surface area contributed by atoms with Gasteiger partial charge in [0.1, 0.15) is 0 Å². The first-order chi connectivity index (χ1) is 10.6. The lowest BCUT2D eigenvalue weighted by atomic mass is 10.1. The summed E-state index contributed by atoms with van der Waals surface area (Å²) in [5.74, 6) is 0.0847. The Labute approximate surface area is 157 Å². The highest BCUT2D eigenvalue weighted by molar-refractivity contribution is 5.85. The van der Waals surface area contributed by atoms with Crippen LogP contribution in [0, 0.1) is 0 Å². The van der Waals surface area contributed by atoms with Crippen LogP contribution in [0.3, 0.4) is 0 Å². The zero-order chi connectivity index (χ0) is 15.8. The normalized spacial score (nSPS) is 14.6. The summed E-state index contributed by atoms with van der Waals surface area (Å²) in [6.45, 7) is 9.47. The van der Waals surface area contributed by atoms with E-state index in [1.54, 1.807) is 0 Å². The zero-order valence-corrected chi connectivity index (χ0v) is 16.0. The second-order valence-corrected chi connectivity index (χ2v) is 5.93. The Balaban J connectivity index is 0.00000264. The molecule has 2 rings (SSSR count). The Morgan fingerprint density at radius 2 is 1.83 bits per heavy atom. The van der Waals surface area contributed by atoms with Gasteiger partial charge in [-0.2, -0.15) is 0 Å².